The molecule has 5 heteroatoms. The Morgan fingerprint density at radius 2 is 1.17 bits per heavy atom. The minimum Gasteiger partial charge on any atom is -0.294 e. The third kappa shape index (κ3) is 7.76. The summed E-state index contributed by atoms with van der Waals surface area (Å²) in [6.07, 6.45) is 0. The van der Waals surface area contributed by atoms with Crippen LogP contribution in [0.4, 0.5) is 0 Å². The molecule has 0 aliphatic carbocycles. The van der Waals surface area contributed by atoms with Crippen molar-refractivity contribution in [2.75, 3.05) is 0 Å². The second kappa shape index (κ2) is 10.5. The zero-order valence-corrected chi connectivity index (χ0v) is 22.9. The van der Waals surface area contributed by atoms with Gasteiger partial charge in [0, 0.05) is 36.2 Å². The van der Waals surface area contributed by atoms with Crippen LogP contribution >= 0.6 is 47.8 Å². The smallest absolute Gasteiger partial charge is 0.168 e. The fraction of sp³-hybridized carbons (Fsp3) is 0.417. The quantitative estimate of drug-likeness (QED) is 0.266. The number of Topliss-reactive ketones (excluding diaryl/α,β-unsaturated/α-hetero) is 2. The van der Waals surface area contributed by atoms with Crippen molar-refractivity contribution in [3.8, 4) is 0 Å². The molecule has 158 valence electrons. The Kier molecular flexibility index (Phi) is 9.50. The molecule has 0 fully saturated rings. The largest absolute Gasteiger partial charge is 0.294 e. The molecule has 2 rings (SSSR count). The Labute approximate surface area is 200 Å². The predicted octanol–water partition coefficient (Wildman–Crippen LogP) is 8.56. The number of benzene rings is 2. The summed E-state index contributed by atoms with van der Waals surface area (Å²) in [6.45, 7) is 13.6. The highest BCUT2D eigenvalue weighted by molar-refractivity contribution is 9.11. The first-order chi connectivity index (χ1) is 13.2. The average Bonchev–Trinajstić information content (AvgIpc) is 2.61. The normalized spacial score (nSPS) is 11.5. The van der Waals surface area contributed by atoms with Crippen molar-refractivity contribution in [3.63, 3.8) is 0 Å². The van der Waals surface area contributed by atoms with Gasteiger partial charge in [0.15, 0.2) is 11.6 Å². The second-order valence-electron chi connectivity index (χ2n) is 9.06. The van der Waals surface area contributed by atoms with Gasteiger partial charge < -0.3 is 0 Å². The molecule has 0 amide bonds. The maximum atomic E-state index is 12.0. The van der Waals surface area contributed by atoms with E-state index in [1.807, 2.05) is 84.9 Å². The van der Waals surface area contributed by atoms with Crippen LogP contribution in [0.5, 0.6) is 0 Å². The minimum absolute atomic E-state index is 0.171. The average molecular weight is 589 g/mol. The van der Waals surface area contributed by atoms with Crippen LogP contribution < -0.4 is 0 Å². The van der Waals surface area contributed by atoms with E-state index >= 15 is 0 Å². The molecule has 0 radical (unpaired) electrons. The van der Waals surface area contributed by atoms with E-state index in [0.29, 0.717) is 0 Å². The summed E-state index contributed by atoms with van der Waals surface area (Å²) in [6, 6.07) is 11.5. The lowest BCUT2D eigenvalue weighted by Gasteiger charge is -2.17. The van der Waals surface area contributed by atoms with Crippen LogP contribution in [0.2, 0.25) is 0 Å². The van der Waals surface area contributed by atoms with E-state index < -0.39 is 0 Å². The van der Waals surface area contributed by atoms with Gasteiger partial charge in [-0.25, -0.2) is 0 Å². The molecule has 0 aliphatic heterocycles. The molecule has 29 heavy (non-hydrogen) atoms. The molecule has 0 saturated heterocycles. The van der Waals surface area contributed by atoms with Gasteiger partial charge in [0.1, 0.15) is 0 Å². The topological polar surface area (TPSA) is 34.1 Å². The van der Waals surface area contributed by atoms with Gasteiger partial charge in [0.25, 0.3) is 0 Å². The van der Waals surface area contributed by atoms with Crippen molar-refractivity contribution in [2.45, 2.75) is 53.8 Å². The molecule has 0 heterocycles. The van der Waals surface area contributed by atoms with Gasteiger partial charge in [0.2, 0.25) is 0 Å². The van der Waals surface area contributed by atoms with Crippen molar-refractivity contribution < 1.29 is 9.59 Å². The number of halogens is 3. The Morgan fingerprint density at radius 1 is 0.759 bits per heavy atom. The van der Waals surface area contributed by atoms with Crippen molar-refractivity contribution in [2.24, 2.45) is 10.8 Å². The standard InChI is InChI=1S/C12H14Br2O.C12H15BrO/c1-12(2,3)11(15)8-4-5-9(7-13)10(14)6-8;1-8-5-6-9(7-10(8)13)11(14)12(2,3)4/h4-6H,7H2,1-3H3;5-7H,1-4H3. The lowest BCUT2D eigenvalue weighted by atomic mass is 9.86. The number of carbonyl (C=O) groups is 2. The van der Waals surface area contributed by atoms with Crippen molar-refractivity contribution in [1.82, 2.24) is 0 Å². The Morgan fingerprint density at radius 3 is 1.52 bits per heavy atom. The second-order valence-corrected chi connectivity index (χ2v) is 11.3. The van der Waals surface area contributed by atoms with Crippen LogP contribution in [-0.2, 0) is 5.33 Å². The first-order valence-electron chi connectivity index (χ1n) is 9.38. The third-order valence-electron chi connectivity index (χ3n) is 4.26. The number of hydrogen-bond donors (Lipinski definition) is 0. The van der Waals surface area contributed by atoms with E-state index in [9.17, 15) is 9.59 Å². The van der Waals surface area contributed by atoms with Gasteiger partial charge in [0.05, 0.1) is 0 Å². The van der Waals surface area contributed by atoms with Gasteiger partial charge in [-0.05, 0) is 30.2 Å². The van der Waals surface area contributed by atoms with E-state index in [4.69, 9.17) is 0 Å². The number of ketones is 2. The molecule has 2 aromatic rings. The summed E-state index contributed by atoms with van der Waals surface area (Å²) in [7, 11) is 0. The molecule has 0 unspecified atom stereocenters. The summed E-state index contributed by atoms with van der Waals surface area (Å²) < 4.78 is 1.97. The highest BCUT2D eigenvalue weighted by atomic mass is 79.9. The van der Waals surface area contributed by atoms with Gasteiger partial charge in [-0.15, -0.1) is 0 Å². The molecule has 0 spiro atoms. The van der Waals surface area contributed by atoms with E-state index in [1.54, 1.807) is 0 Å². The maximum Gasteiger partial charge on any atom is 0.168 e. The summed E-state index contributed by atoms with van der Waals surface area (Å²) in [5, 5.41) is 0.789. The zero-order valence-electron chi connectivity index (χ0n) is 18.1. The molecule has 0 atom stereocenters. The molecule has 0 N–H and O–H groups in total. The summed E-state index contributed by atoms with van der Waals surface area (Å²) in [5.74, 6) is 0.350. The molecule has 0 bridgehead atoms. The van der Waals surface area contributed by atoms with Gasteiger partial charge in [-0.1, -0.05) is 114 Å². The van der Waals surface area contributed by atoms with Crippen molar-refractivity contribution in [1.29, 1.82) is 0 Å². The number of carbonyl (C=O) groups excluding carboxylic acids is 2. The number of alkyl halides is 1. The van der Waals surface area contributed by atoms with Crippen LogP contribution in [0.15, 0.2) is 45.3 Å². The first-order valence-corrected chi connectivity index (χ1v) is 12.1. The summed E-state index contributed by atoms with van der Waals surface area (Å²) in [5.41, 5.74) is 3.20. The summed E-state index contributed by atoms with van der Waals surface area (Å²) >= 11 is 10.3. The van der Waals surface area contributed by atoms with E-state index in [1.165, 1.54) is 0 Å². The maximum absolute atomic E-state index is 12.0. The van der Waals surface area contributed by atoms with Crippen molar-refractivity contribution >= 4 is 59.4 Å². The number of hydrogen-bond acceptors (Lipinski definition) is 2. The van der Waals surface area contributed by atoms with Gasteiger partial charge in [-0.2, -0.15) is 0 Å². The number of rotatable bonds is 3. The SMILES string of the molecule is CC(C)(C)C(=O)c1ccc(CBr)c(Br)c1.Cc1ccc(C(=O)C(C)(C)C)cc1Br. The van der Waals surface area contributed by atoms with Crippen molar-refractivity contribution in [3.05, 3.63) is 67.6 Å². The Hall–Kier alpha value is -0.780. The molecule has 0 aromatic heterocycles. The molecule has 0 aliphatic rings. The number of aryl methyl sites for hydroxylation is 1. The van der Waals surface area contributed by atoms with Gasteiger partial charge >= 0.3 is 0 Å². The molecule has 2 nitrogen and oxygen atoms in total. The Balaban J connectivity index is 0.000000291. The van der Waals surface area contributed by atoms with E-state index in [-0.39, 0.29) is 22.4 Å². The summed E-state index contributed by atoms with van der Waals surface area (Å²) in [4.78, 5) is 23.9. The van der Waals surface area contributed by atoms with Crippen LogP contribution in [-0.4, -0.2) is 11.6 Å². The first kappa shape index (κ1) is 26.3. The van der Waals surface area contributed by atoms with Crippen LogP contribution in [0.1, 0.15) is 73.4 Å². The molecular formula is C24H29Br3O2. The van der Waals surface area contributed by atoms with E-state index in [0.717, 1.165) is 36.5 Å². The lowest BCUT2D eigenvalue weighted by molar-refractivity contribution is 0.0852. The highest BCUT2D eigenvalue weighted by Gasteiger charge is 2.23. The molecule has 0 saturated carbocycles. The zero-order chi connectivity index (χ0) is 22.6. The highest BCUT2D eigenvalue weighted by Crippen LogP contribution is 2.26. The molecule has 2 aromatic carbocycles. The Bertz CT molecular complexity index is 888. The monoisotopic (exact) mass is 586 g/mol. The lowest BCUT2D eigenvalue weighted by Crippen LogP contribution is -2.20. The van der Waals surface area contributed by atoms with Gasteiger partial charge in [-0.3, -0.25) is 9.59 Å². The van der Waals surface area contributed by atoms with E-state index in [2.05, 4.69) is 47.8 Å². The minimum atomic E-state index is -0.324. The van der Waals surface area contributed by atoms with Crippen LogP contribution in [0, 0.1) is 17.8 Å². The fourth-order valence-electron chi connectivity index (χ4n) is 2.40. The van der Waals surface area contributed by atoms with Crippen LogP contribution in [0.3, 0.4) is 0 Å². The predicted molar refractivity (Wildman–Crippen MR) is 133 cm³/mol. The third-order valence-corrected chi connectivity index (χ3v) is 6.45. The van der Waals surface area contributed by atoms with Crippen LogP contribution in [0.25, 0.3) is 0 Å². The molecular weight excluding hydrogens is 560 g/mol. The fourth-order valence-corrected chi connectivity index (χ4v) is 4.16.